The van der Waals surface area contributed by atoms with Crippen LogP contribution in [0.1, 0.15) is 49.7 Å². The lowest BCUT2D eigenvalue weighted by atomic mass is 10.1. The van der Waals surface area contributed by atoms with E-state index in [1.54, 1.807) is 29.0 Å². The minimum atomic E-state index is -0.150. The van der Waals surface area contributed by atoms with Gasteiger partial charge in [0.25, 0.3) is 5.91 Å². The van der Waals surface area contributed by atoms with E-state index in [9.17, 15) is 9.59 Å². The van der Waals surface area contributed by atoms with Gasteiger partial charge in [-0.1, -0.05) is 27.2 Å². The molecule has 1 heterocycles. The number of nitrogens with zero attached hydrogens (tertiary/aromatic N) is 3. The number of hydrogen-bond donors (Lipinski definition) is 0. The van der Waals surface area contributed by atoms with Gasteiger partial charge in [-0.25, -0.2) is 0 Å². The van der Waals surface area contributed by atoms with E-state index in [0.29, 0.717) is 38.4 Å². The lowest BCUT2D eigenvalue weighted by Crippen LogP contribution is -2.45. The highest BCUT2D eigenvalue weighted by molar-refractivity contribution is 5.96. The van der Waals surface area contributed by atoms with Crippen molar-refractivity contribution >= 4 is 11.8 Å². The smallest absolute Gasteiger partial charge is 0.254 e. The molecule has 2 amide bonds. The molecule has 0 radical (unpaired) electrons. The monoisotopic (exact) mass is 457 g/mol. The van der Waals surface area contributed by atoms with Crippen LogP contribution in [0.25, 0.3) is 0 Å². The molecule has 0 atom stereocenters. The Balaban J connectivity index is 2.12. The standard InChI is InChI=1S/C26H39N3O4/c1-6-7-16-33-24-12-10-22(11-13-24)26(31)29(18-21(2)3)20-25(30)28(15-17-32-5)19-23-9-8-14-27(23)4/h8-14,21H,6-7,15-20H2,1-5H3. The predicted octanol–water partition coefficient (Wildman–Crippen LogP) is 3.98. The highest BCUT2D eigenvalue weighted by atomic mass is 16.5. The molecule has 0 aliphatic rings. The third kappa shape index (κ3) is 8.57. The van der Waals surface area contributed by atoms with Gasteiger partial charge in [0.15, 0.2) is 0 Å². The molecular weight excluding hydrogens is 418 g/mol. The Morgan fingerprint density at radius 1 is 1.06 bits per heavy atom. The molecule has 0 saturated carbocycles. The largest absolute Gasteiger partial charge is 0.494 e. The Bertz CT molecular complexity index is 861. The summed E-state index contributed by atoms with van der Waals surface area (Å²) in [4.78, 5) is 29.9. The summed E-state index contributed by atoms with van der Waals surface area (Å²) in [5, 5.41) is 0. The number of benzene rings is 1. The molecule has 1 aromatic heterocycles. The van der Waals surface area contributed by atoms with Gasteiger partial charge in [-0.05, 0) is 48.7 Å². The molecule has 0 aliphatic carbocycles. The molecule has 7 nitrogen and oxygen atoms in total. The van der Waals surface area contributed by atoms with Crippen molar-refractivity contribution in [3.63, 3.8) is 0 Å². The maximum atomic E-state index is 13.3. The number of aryl methyl sites for hydroxylation is 1. The van der Waals surface area contributed by atoms with Crippen LogP contribution in [0.4, 0.5) is 0 Å². The van der Waals surface area contributed by atoms with Crippen LogP contribution in [-0.4, -0.2) is 66.1 Å². The first-order valence-electron chi connectivity index (χ1n) is 11.7. The van der Waals surface area contributed by atoms with E-state index in [-0.39, 0.29) is 24.3 Å². The topological polar surface area (TPSA) is 64.0 Å². The van der Waals surface area contributed by atoms with Crippen molar-refractivity contribution in [2.45, 2.75) is 40.2 Å². The fourth-order valence-electron chi connectivity index (χ4n) is 3.48. The van der Waals surface area contributed by atoms with Crippen molar-refractivity contribution in [1.82, 2.24) is 14.4 Å². The fourth-order valence-corrected chi connectivity index (χ4v) is 3.48. The lowest BCUT2D eigenvalue weighted by Gasteiger charge is -2.29. The minimum absolute atomic E-state index is 0.0277. The van der Waals surface area contributed by atoms with Gasteiger partial charge in [-0.15, -0.1) is 0 Å². The predicted molar refractivity (Wildman–Crippen MR) is 130 cm³/mol. The molecule has 7 heteroatoms. The van der Waals surface area contributed by atoms with Crippen LogP contribution < -0.4 is 4.74 Å². The van der Waals surface area contributed by atoms with Crippen LogP contribution >= 0.6 is 0 Å². The quantitative estimate of drug-likeness (QED) is 0.403. The lowest BCUT2D eigenvalue weighted by molar-refractivity contribution is -0.133. The Kier molecular flexibility index (Phi) is 11.0. The molecule has 2 aromatic rings. The molecule has 2 rings (SSSR count). The molecule has 33 heavy (non-hydrogen) atoms. The van der Waals surface area contributed by atoms with Crippen molar-refractivity contribution < 1.29 is 19.1 Å². The average molecular weight is 458 g/mol. The van der Waals surface area contributed by atoms with Crippen LogP contribution in [0.3, 0.4) is 0 Å². The van der Waals surface area contributed by atoms with Crippen molar-refractivity contribution in [2.75, 3.05) is 40.0 Å². The summed E-state index contributed by atoms with van der Waals surface area (Å²) >= 11 is 0. The number of carbonyl (C=O) groups is 2. The summed E-state index contributed by atoms with van der Waals surface area (Å²) in [5.41, 5.74) is 1.58. The SMILES string of the molecule is CCCCOc1ccc(C(=O)N(CC(=O)N(CCOC)Cc2cccn2C)CC(C)C)cc1. The highest BCUT2D eigenvalue weighted by Crippen LogP contribution is 2.16. The van der Waals surface area contributed by atoms with Crippen molar-refractivity contribution in [2.24, 2.45) is 13.0 Å². The van der Waals surface area contributed by atoms with Crippen molar-refractivity contribution in [3.05, 3.63) is 53.9 Å². The molecule has 0 N–H and O–H groups in total. The second-order valence-corrected chi connectivity index (χ2v) is 8.72. The highest BCUT2D eigenvalue weighted by Gasteiger charge is 2.23. The molecule has 0 bridgehead atoms. The van der Waals surface area contributed by atoms with Gasteiger partial charge >= 0.3 is 0 Å². The van der Waals surface area contributed by atoms with Crippen LogP contribution in [0.2, 0.25) is 0 Å². The third-order valence-corrected chi connectivity index (χ3v) is 5.39. The van der Waals surface area contributed by atoms with Crippen LogP contribution in [0.15, 0.2) is 42.6 Å². The van der Waals surface area contributed by atoms with E-state index >= 15 is 0 Å². The first-order valence-corrected chi connectivity index (χ1v) is 11.7. The molecule has 182 valence electrons. The maximum absolute atomic E-state index is 13.3. The van der Waals surface area contributed by atoms with Gasteiger partial charge in [0.1, 0.15) is 12.3 Å². The van der Waals surface area contributed by atoms with Gasteiger partial charge < -0.3 is 23.8 Å². The summed E-state index contributed by atoms with van der Waals surface area (Å²) in [6.07, 6.45) is 4.02. The zero-order valence-corrected chi connectivity index (χ0v) is 20.8. The summed E-state index contributed by atoms with van der Waals surface area (Å²) in [5.74, 6) is 0.739. The van der Waals surface area contributed by atoms with Gasteiger partial charge in [0.2, 0.25) is 5.91 Å². The number of unbranched alkanes of at least 4 members (excludes halogenated alkanes) is 1. The van der Waals surface area contributed by atoms with Crippen molar-refractivity contribution in [1.29, 1.82) is 0 Å². The number of ether oxygens (including phenoxy) is 2. The second-order valence-electron chi connectivity index (χ2n) is 8.72. The van der Waals surface area contributed by atoms with E-state index in [4.69, 9.17) is 9.47 Å². The summed E-state index contributed by atoms with van der Waals surface area (Å²) in [7, 11) is 3.58. The number of amides is 2. The first kappa shape index (κ1) is 26.5. The molecule has 0 aliphatic heterocycles. The zero-order chi connectivity index (χ0) is 24.2. The number of carbonyl (C=O) groups excluding carboxylic acids is 2. The maximum Gasteiger partial charge on any atom is 0.254 e. The molecule has 0 unspecified atom stereocenters. The second kappa shape index (κ2) is 13.7. The van der Waals surface area contributed by atoms with Crippen LogP contribution in [-0.2, 0) is 23.1 Å². The molecule has 1 aromatic carbocycles. The van der Waals surface area contributed by atoms with Crippen LogP contribution in [0, 0.1) is 5.92 Å². The van der Waals surface area contributed by atoms with Gasteiger partial charge in [0, 0.05) is 44.7 Å². The molecule has 0 spiro atoms. The summed E-state index contributed by atoms with van der Waals surface area (Å²) < 4.78 is 12.9. The Morgan fingerprint density at radius 3 is 2.36 bits per heavy atom. The molecule has 0 saturated heterocycles. The van der Waals surface area contributed by atoms with E-state index in [1.165, 1.54) is 0 Å². The third-order valence-electron chi connectivity index (χ3n) is 5.39. The normalized spacial score (nSPS) is 11.0. The number of rotatable bonds is 14. The molecular formula is C26H39N3O4. The van der Waals surface area contributed by atoms with Crippen molar-refractivity contribution in [3.8, 4) is 5.75 Å². The van der Waals surface area contributed by atoms with Crippen LogP contribution in [0.5, 0.6) is 5.75 Å². The first-order chi connectivity index (χ1) is 15.8. The summed E-state index contributed by atoms with van der Waals surface area (Å²) in [6, 6.07) is 11.1. The number of aromatic nitrogens is 1. The Morgan fingerprint density at radius 2 is 1.79 bits per heavy atom. The minimum Gasteiger partial charge on any atom is -0.494 e. The van der Waals surface area contributed by atoms with Gasteiger partial charge in [-0.2, -0.15) is 0 Å². The zero-order valence-electron chi connectivity index (χ0n) is 20.8. The Labute approximate surface area is 198 Å². The Hall–Kier alpha value is -2.80. The van der Waals surface area contributed by atoms with E-state index in [1.807, 2.05) is 55.9 Å². The summed E-state index contributed by atoms with van der Waals surface area (Å²) in [6.45, 7) is 8.77. The van der Waals surface area contributed by atoms with E-state index in [0.717, 1.165) is 24.3 Å². The van der Waals surface area contributed by atoms with Gasteiger partial charge in [0.05, 0.1) is 19.8 Å². The number of hydrogen-bond acceptors (Lipinski definition) is 4. The molecule has 0 fully saturated rings. The van der Waals surface area contributed by atoms with E-state index in [2.05, 4.69) is 6.92 Å². The average Bonchev–Trinajstić information content (AvgIpc) is 3.20. The van der Waals surface area contributed by atoms with Gasteiger partial charge in [-0.3, -0.25) is 9.59 Å². The van der Waals surface area contributed by atoms with E-state index < -0.39 is 0 Å². The fraction of sp³-hybridized carbons (Fsp3) is 0.538. The number of methoxy groups -OCH3 is 1.